The molecule has 2 fully saturated rings. The summed E-state index contributed by atoms with van der Waals surface area (Å²) >= 11 is 6.30. The number of halogens is 1. The Morgan fingerprint density at radius 3 is 2.38 bits per heavy atom. The fourth-order valence-corrected chi connectivity index (χ4v) is 5.40. The van der Waals surface area contributed by atoms with Crippen molar-refractivity contribution in [1.29, 1.82) is 0 Å². The monoisotopic (exact) mass is 482 g/mol. The zero-order valence-corrected chi connectivity index (χ0v) is 21.3. The Morgan fingerprint density at radius 2 is 1.76 bits per heavy atom. The van der Waals surface area contributed by atoms with Gasteiger partial charge in [0, 0.05) is 27.2 Å². The molecule has 1 saturated carbocycles. The molecule has 0 aromatic heterocycles. The number of likely N-dealkylation sites (tertiary alicyclic amines) is 1. The number of piperidine rings is 1. The lowest BCUT2D eigenvalue weighted by Crippen LogP contribution is -2.47. The Hall–Kier alpha value is -2.53. The molecule has 0 N–H and O–H groups in total. The smallest absolute Gasteiger partial charge is 0.254 e. The van der Waals surface area contributed by atoms with Gasteiger partial charge in [-0.1, -0.05) is 41.9 Å². The van der Waals surface area contributed by atoms with E-state index in [2.05, 4.69) is 4.90 Å². The summed E-state index contributed by atoms with van der Waals surface area (Å²) < 4.78 is 6.01. The van der Waals surface area contributed by atoms with Crippen molar-refractivity contribution >= 4 is 23.4 Å². The van der Waals surface area contributed by atoms with Crippen LogP contribution in [0.3, 0.4) is 0 Å². The largest absolute Gasteiger partial charge is 0.493 e. The lowest BCUT2D eigenvalue weighted by atomic mass is 9.82. The van der Waals surface area contributed by atoms with Crippen molar-refractivity contribution in [3.05, 3.63) is 64.7 Å². The van der Waals surface area contributed by atoms with Crippen LogP contribution >= 0.6 is 11.6 Å². The molecule has 1 saturated heterocycles. The van der Waals surface area contributed by atoms with Gasteiger partial charge < -0.3 is 14.5 Å². The van der Waals surface area contributed by atoms with Gasteiger partial charge in [0.1, 0.15) is 5.75 Å². The number of hydrogen-bond donors (Lipinski definition) is 0. The quantitative estimate of drug-likeness (QED) is 0.540. The van der Waals surface area contributed by atoms with E-state index in [4.69, 9.17) is 16.3 Å². The molecule has 6 heteroatoms. The maximum Gasteiger partial charge on any atom is 0.254 e. The van der Waals surface area contributed by atoms with Crippen LogP contribution in [0, 0.1) is 17.8 Å². The van der Waals surface area contributed by atoms with Crippen molar-refractivity contribution in [2.75, 3.05) is 33.8 Å². The molecule has 2 atom stereocenters. The molecule has 2 aromatic rings. The number of hydrogen-bond acceptors (Lipinski definition) is 3. The fourth-order valence-electron chi connectivity index (χ4n) is 5.15. The van der Waals surface area contributed by atoms with Crippen molar-refractivity contribution in [2.45, 2.75) is 38.5 Å². The minimum absolute atomic E-state index is 0.115. The summed E-state index contributed by atoms with van der Waals surface area (Å²) in [6, 6.07) is 15.3. The van der Waals surface area contributed by atoms with E-state index in [1.54, 1.807) is 26.2 Å². The van der Waals surface area contributed by atoms with Gasteiger partial charge in [-0.3, -0.25) is 9.59 Å². The maximum atomic E-state index is 13.2. The van der Waals surface area contributed by atoms with Crippen LogP contribution < -0.4 is 4.74 Å². The molecular formula is C28H35ClN2O3. The highest BCUT2D eigenvalue weighted by Gasteiger charge is 2.45. The maximum absolute atomic E-state index is 13.2. The highest BCUT2D eigenvalue weighted by molar-refractivity contribution is 6.34. The van der Waals surface area contributed by atoms with Gasteiger partial charge in [0.15, 0.2) is 0 Å². The zero-order valence-electron chi connectivity index (χ0n) is 20.6. The second kappa shape index (κ2) is 9.99. The van der Waals surface area contributed by atoms with E-state index in [-0.39, 0.29) is 11.8 Å². The van der Waals surface area contributed by atoms with Crippen molar-refractivity contribution in [3.8, 4) is 5.75 Å². The summed E-state index contributed by atoms with van der Waals surface area (Å²) in [7, 11) is 3.42. The van der Waals surface area contributed by atoms with Crippen LogP contribution in [0.2, 0.25) is 5.02 Å². The first-order valence-electron chi connectivity index (χ1n) is 12.2. The summed E-state index contributed by atoms with van der Waals surface area (Å²) in [5.41, 5.74) is 1.05. The summed E-state index contributed by atoms with van der Waals surface area (Å²) in [6.07, 6.45) is 3.30. The Bertz CT molecular complexity index is 1030. The topological polar surface area (TPSA) is 49.9 Å². The first-order chi connectivity index (χ1) is 16.2. The molecule has 2 amide bonds. The van der Waals surface area contributed by atoms with E-state index in [1.165, 1.54) is 11.3 Å². The van der Waals surface area contributed by atoms with Gasteiger partial charge in [0.2, 0.25) is 5.91 Å². The summed E-state index contributed by atoms with van der Waals surface area (Å²) in [5.74, 6) is 2.69. The van der Waals surface area contributed by atoms with E-state index < -0.39 is 5.41 Å². The van der Waals surface area contributed by atoms with Gasteiger partial charge in [-0.2, -0.15) is 0 Å². The third-order valence-electron chi connectivity index (χ3n) is 7.48. The highest BCUT2D eigenvalue weighted by Crippen LogP contribution is 2.48. The summed E-state index contributed by atoms with van der Waals surface area (Å²) in [6.45, 7) is 6.39. The molecule has 1 aliphatic heterocycles. The van der Waals surface area contributed by atoms with Gasteiger partial charge in [-0.25, -0.2) is 0 Å². The standard InChI is InChI=1S/C28H35ClN2O3/c1-28(2,21-8-6-5-7-9-21)27(33)31-14-12-19(13-15-31)24-16-20(24)18-34-22-10-11-23(25(29)17-22)26(32)30(3)4/h5-11,17,19-20,24H,12-16,18H2,1-4H3/t20-,24-/m1/s1. The SMILES string of the molecule is CN(C)C(=O)c1ccc(OC[C@H]2C[C@@H]2C2CCN(C(=O)C(C)(C)c3ccccc3)CC2)cc1Cl. The fraction of sp³-hybridized carbons (Fsp3) is 0.500. The lowest BCUT2D eigenvalue weighted by Gasteiger charge is -2.37. The van der Waals surface area contributed by atoms with Crippen LogP contribution in [0.25, 0.3) is 0 Å². The number of nitrogens with zero attached hydrogens (tertiary/aromatic N) is 2. The van der Waals surface area contributed by atoms with Gasteiger partial charge in [-0.15, -0.1) is 0 Å². The number of carbonyl (C=O) groups is 2. The molecule has 182 valence electrons. The van der Waals surface area contributed by atoms with Gasteiger partial charge >= 0.3 is 0 Å². The number of carbonyl (C=O) groups excluding carboxylic acids is 2. The first kappa shape index (κ1) is 24.6. The minimum Gasteiger partial charge on any atom is -0.493 e. The molecule has 5 nitrogen and oxygen atoms in total. The van der Waals surface area contributed by atoms with Crippen molar-refractivity contribution in [3.63, 3.8) is 0 Å². The van der Waals surface area contributed by atoms with Gasteiger partial charge in [0.25, 0.3) is 5.91 Å². The zero-order chi connectivity index (χ0) is 24.5. The third kappa shape index (κ3) is 5.25. The molecule has 0 radical (unpaired) electrons. The molecule has 0 unspecified atom stereocenters. The second-order valence-electron chi connectivity index (χ2n) is 10.4. The van der Waals surface area contributed by atoms with E-state index in [0.29, 0.717) is 40.7 Å². The molecule has 34 heavy (non-hydrogen) atoms. The van der Waals surface area contributed by atoms with E-state index in [9.17, 15) is 9.59 Å². The molecule has 1 heterocycles. The van der Waals surface area contributed by atoms with Gasteiger partial charge in [0.05, 0.1) is 22.6 Å². The van der Waals surface area contributed by atoms with E-state index >= 15 is 0 Å². The number of amides is 2. The number of ether oxygens (including phenoxy) is 1. The van der Waals surface area contributed by atoms with Crippen LogP contribution in [0.1, 0.15) is 49.0 Å². The molecular weight excluding hydrogens is 448 g/mol. The van der Waals surface area contributed by atoms with Crippen LogP contribution in [-0.4, -0.2) is 55.4 Å². The highest BCUT2D eigenvalue weighted by atomic mass is 35.5. The van der Waals surface area contributed by atoms with Crippen LogP contribution in [-0.2, 0) is 10.2 Å². The molecule has 4 rings (SSSR count). The average Bonchev–Trinajstić information content (AvgIpc) is 3.62. The predicted octanol–water partition coefficient (Wildman–Crippen LogP) is 5.27. The van der Waals surface area contributed by atoms with Crippen LogP contribution in [0.4, 0.5) is 0 Å². The number of rotatable bonds is 7. The molecule has 2 aromatic carbocycles. The Balaban J connectivity index is 1.24. The lowest BCUT2D eigenvalue weighted by molar-refractivity contribution is -0.137. The molecule has 2 aliphatic rings. The molecule has 0 bridgehead atoms. The summed E-state index contributed by atoms with van der Waals surface area (Å²) in [4.78, 5) is 28.9. The average molecular weight is 483 g/mol. The predicted molar refractivity (Wildman–Crippen MR) is 135 cm³/mol. The normalized spacial score (nSPS) is 20.7. The molecule has 0 spiro atoms. The third-order valence-corrected chi connectivity index (χ3v) is 7.79. The first-order valence-corrected chi connectivity index (χ1v) is 12.5. The van der Waals surface area contributed by atoms with Crippen molar-refractivity contribution in [1.82, 2.24) is 9.80 Å². The Kier molecular flexibility index (Phi) is 7.22. The number of benzene rings is 2. The Labute approximate surface area is 208 Å². The second-order valence-corrected chi connectivity index (χ2v) is 10.8. The van der Waals surface area contributed by atoms with Crippen LogP contribution in [0.5, 0.6) is 5.75 Å². The van der Waals surface area contributed by atoms with Crippen LogP contribution in [0.15, 0.2) is 48.5 Å². The Morgan fingerprint density at radius 1 is 1.09 bits per heavy atom. The molecule has 1 aliphatic carbocycles. The minimum atomic E-state index is -0.502. The van der Waals surface area contributed by atoms with Crippen molar-refractivity contribution in [2.24, 2.45) is 17.8 Å². The van der Waals surface area contributed by atoms with E-state index in [1.807, 2.05) is 50.2 Å². The van der Waals surface area contributed by atoms with E-state index in [0.717, 1.165) is 31.5 Å². The van der Waals surface area contributed by atoms with Crippen molar-refractivity contribution < 1.29 is 14.3 Å². The van der Waals surface area contributed by atoms with Gasteiger partial charge in [-0.05, 0) is 74.6 Å². The summed E-state index contributed by atoms with van der Waals surface area (Å²) in [5, 5.41) is 0.416.